The van der Waals surface area contributed by atoms with Gasteiger partial charge in [-0.15, -0.1) is 0 Å². The molecule has 0 aliphatic rings. The van der Waals surface area contributed by atoms with Gasteiger partial charge in [0.25, 0.3) is 0 Å². The van der Waals surface area contributed by atoms with E-state index in [1.54, 1.807) is 0 Å². The summed E-state index contributed by atoms with van der Waals surface area (Å²) in [4.78, 5) is 9.12. The molecule has 0 fully saturated rings. The normalized spacial score (nSPS) is 12.0. The maximum Gasteiger partial charge on any atom is 0.159 e. The zero-order valence-corrected chi connectivity index (χ0v) is 20.8. The summed E-state index contributed by atoms with van der Waals surface area (Å²) >= 11 is 0. The molecule has 1 heterocycles. The molecule has 0 saturated heterocycles. The third kappa shape index (κ3) is 8.55. The Bertz CT molecular complexity index is 939. The van der Waals surface area contributed by atoms with Crippen molar-refractivity contribution in [1.82, 2.24) is 9.97 Å². The highest BCUT2D eigenvalue weighted by molar-refractivity contribution is 5.64. The molecule has 0 saturated carbocycles. The Kier molecular flexibility index (Phi) is 11.0. The summed E-state index contributed by atoms with van der Waals surface area (Å²) in [6, 6.07) is 16.3. The number of hydrogen-bond donors (Lipinski definition) is 0. The van der Waals surface area contributed by atoms with Gasteiger partial charge in [0.1, 0.15) is 18.5 Å². The van der Waals surface area contributed by atoms with Gasteiger partial charge in [0.2, 0.25) is 0 Å². The van der Waals surface area contributed by atoms with Crippen LogP contribution in [0.25, 0.3) is 22.5 Å². The molecule has 34 heavy (non-hydrogen) atoms. The minimum atomic E-state index is -0.915. The fraction of sp³-hybridized carbons (Fsp3) is 0.467. The number of unbranched alkanes of at least 4 members (excludes halogenated alkanes) is 6. The van der Waals surface area contributed by atoms with E-state index in [0.29, 0.717) is 18.0 Å². The fourth-order valence-corrected chi connectivity index (χ4v) is 4.01. The Morgan fingerprint density at radius 1 is 0.706 bits per heavy atom. The summed E-state index contributed by atoms with van der Waals surface area (Å²) in [6.07, 6.45) is 14.2. The molecule has 0 amide bonds. The molecule has 1 unspecified atom stereocenters. The molecule has 3 aromatic rings. The lowest BCUT2D eigenvalue weighted by Gasteiger charge is -2.10. The monoisotopic (exact) mass is 462 g/mol. The predicted octanol–water partition coefficient (Wildman–Crippen LogP) is 8.62. The Morgan fingerprint density at radius 3 is 2.00 bits per heavy atom. The molecule has 0 aliphatic heterocycles. The smallest absolute Gasteiger partial charge is 0.159 e. The Labute approximate surface area is 204 Å². The number of aromatic nitrogens is 2. The van der Waals surface area contributed by atoms with Crippen LogP contribution < -0.4 is 4.74 Å². The van der Waals surface area contributed by atoms with Gasteiger partial charge < -0.3 is 4.74 Å². The van der Waals surface area contributed by atoms with Crippen LogP contribution in [0.5, 0.6) is 5.75 Å². The largest absolute Gasteiger partial charge is 0.491 e. The molecule has 0 spiro atoms. The third-order valence-electron chi connectivity index (χ3n) is 6.17. The van der Waals surface area contributed by atoms with Crippen LogP contribution in [0.3, 0.4) is 0 Å². The summed E-state index contributed by atoms with van der Waals surface area (Å²) in [5.41, 5.74) is 4.44. The van der Waals surface area contributed by atoms with E-state index < -0.39 is 6.17 Å². The number of benzene rings is 2. The van der Waals surface area contributed by atoms with E-state index in [9.17, 15) is 4.39 Å². The second-order valence-electron chi connectivity index (χ2n) is 9.08. The van der Waals surface area contributed by atoms with Crippen molar-refractivity contribution in [3.05, 3.63) is 66.5 Å². The van der Waals surface area contributed by atoms with E-state index in [0.717, 1.165) is 42.4 Å². The maximum atomic E-state index is 13.9. The molecule has 1 atom stereocenters. The van der Waals surface area contributed by atoms with Crippen molar-refractivity contribution in [1.29, 1.82) is 0 Å². The number of nitrogens with zero attached hydrogens (tertiary/aromatic N) is 2. The average Bonchev–Trinajstić information content (AvgIpc) is 2.88. The molecular weight excluding hydrogens is 423 g/mol. The zero-order chi connectivity index (χ0) is 24.0. The van der Waals surface area contributed by atoms with Gasteiger partial charge in [-0.2, -0.15) is 0 Å². The Balaban J connectivity index is 1.50. The topological polar surface area (TPSA) is 35.0 Å². The molecule has 0 aliphatic carbocycles. The molecule has 1 aromatic heterocycles. The van der Waals surface area contributed by atoms with E-state index in [4.69, 9.17) is 4.74 Å². The van der Waals surface area contributed by atoms with Gasteiger partial charge in [-0.25, -0.2) is 14.4 Å². The van der Waals surface area contributed by atoms with Crippen LogP contribution >= 0.6 is 0 Å². The molecule has 182 valence electrons. The third-order valence-corrected chi connectivity index (χ3v) is 6.17. The standard InChI is InChI=1S/C30H39FN2O/c1-3-5-7-8-10-11-24-13-15-25(16-14-24)27-21-32-30(33-22-27)26-17-19-29(20-18-26)34-23-28(31)12-9-6-4-2/h13-22,28H,3-12,23H2,1-2H3. The number of ether oxygens (including phenoxy) is 1. The maximum absolute atomic E-state index is 13.9. The van der Waals surface area contributed by atoms with Gasteiger partial charge in [-0.05, 0) is 54.7 Å². The highest BCUT2D eigenvalue weighted by atomic mass is 19.1. The second-order valence-corrected chi connectivity index (χ2v) is 9.08. The van der Waals surface area contributed by atoms with Gasteiger partial charge in [0.05, 0.1) is 0 Å². The summed E-state index contributed by atoms with van der Waals surface area (Å²) in [5, 5.41) is 0. The van der Waals surface area contributed by atoms with E-state index in [2.05, 4.69) is 48.1 Å². The van der Waals surface area contributed by atoms with Crippen molar-refractivity contribution in [3.63, 3.8) is 0 Å². The van der Waals surface area contributed by atoms with Crippen LogP contribution in [0.2, 0.25) is 0 Å². The first-order valence-corrected chi connectivity index (χ1v) is 13.0. The first-order valence-electron chi connectivity index (χ1n) is 13.0. The van der Waals surface area contributed by atoms with Gasteiger partial charge in [0, 0.05) is 23.5 Å². The van der Waals surface area contributed by atoms with Crippen molar-refractivity contribution >= 4 is 0 Å². The number of alkyl halides is 1. The number of hydrogen-bond acceptors (Lipinski definition) is 3. The van der Waals surface area contributed by atoms with Crippen LogP contribution in [0.4, 0.5) is 4.39 Å². The summed E-state index contributed by atoms with van der Waals surface area (Å²) in [6.45, 7) is 4.48. The van der Waals surface area contributed by atoms with E-state index in [-0.39, 0.29) is 6.61 Å². The SMILES string of the molecule is CCCCCCCc1ccc(-c2cnc(-c3ccc(OCC(F)CCCCC)cc3)nc2)cc1. The first kappa shape index (κ1) is 25.9. The highest BCUT2D eigenvalue weighted by Gasteiger charge is 2.08. The van der Waals surface area contributed by atoms with Gasteiger partial charge in [0.15, 0.2) is 5.82 Å². The molecule has 0 N–H and O–H groups in total. The molecule has 4 heteroatoms. The second kappa shape index (κ2) is 14.5. The predicted molar refractivity (Wildman–Crippen MR) is 140 cm³/mol. The molecule has 0 bridgehead atoms. The van der Waals surface area contributed by atoms with Crippen LogP contribution in [0.1, 0.15) is 77.2 Å². The van der Waals surface area contributed by atoms with Crippen molar-refractivity contribution in [2.24, 2.45) is 0 Å². The minimum Gasteiger partial charge on any atom is -0.491 e. The van der Waals surface area contributed by atoms with Crippen LogP contribution in [0, 0.1) is 0 Å². The van der Waals surface area contributed by atoms with Gasteiger partial charge >= 0.3 is 0 Å². The lowest BCUT2D eigenvalue weighted by atomic mass is 10.0. The lowest BCUT2D eigenvalue weighted by molar-refractivity contribution is 0.184. The quantitative estimate of drug-likeness (QED) is 0.212. The van der Waals surface area contributed by atoms with Crippen molar-refractivity contribution in [2.45, 2.75) is 84.2 Å². The molecule has 3 nitrogen and oxygen atoms in total. The number of rotatable bonds is 15. The van der Waals surface area contributed by atoms with Crippen LogP contribution in [-0.4, -0.2) is 22.7 Å². The number of aryl methyl sites for hydroxylation is 1. The minimum absolute atomic E-state index is 0.103. The van der Waals surface area contributed by atoms with Crippen molar-refractivity contribution in [2.75, 3.05) is 6.61 Å². The molecule has 3 rings (SSSR count). The van der Waals surface area contributed by atoms with Gasteiger partial charge in [-0.3, -0.25) is 0 Å². The summed E-state index contributed by atoms with van der Waals surface area (Å²) < 4.78 is 19.5. The van der Waals surface area contributed by atoms with E-state index in [1.165, 1.54) is 37.7 Å². The zero-order valence-electron chi connectivity index (χ0n) is 20.8. The van der Waals surface area contributed by atoms with E-state index >= 15 is 0 Å². The summed E-state index contributed by atoms with van der Waals surface area (Å²) in [7, 11) is 0. The molecule has 0 radical (unpaired) electrons. The molecular formula is C30H39FN2O. The van der Waals surface area contributed by atoms with Gasteiger partial charge in [-0.1, -0.05) is 83.1 Å². The van der Waals surface area contributed by atoms with Crippen LogP contribution in [0.15, 0.2) is 60.9 Å². The lowest BCUT2D eigenvalue weighted by Crippen LogP contribution is -2.12. The fourth-order valence-electron chi connectivity index (χ4n) is 4.01. The average molecular weight is 463 g/mol. The van der Waals surface area contributed by atoms with Crippen molar-refractivity contribution in [3.8, 4) is 28.3 Å². The first-order chi connectivity index (χ1) is 16.7. The van der Waals surface area contributed by atoms with Crippen molar-refractivity contribution < 1.29 is 9.13 Å². The molecule has 2 aromatic carbocycles. The Hall–Kier alpha value is -2.75. The number of halogens is 1. The van der Waals surface area contributed by atoms with E-state index in [1.807, 2.05) is 36.7 Å². The Morgan fingerprint density at radius 2 is 1.32 bits per heavy atom. The highest BCUT2D eigenvalue weighted by Crippen LogP contribution is 2.23. The van der Waals surface area contributed by atoms with Crippen LogP contribution in [-0.2, 0) is 6.42 Å². The summed E-state index contributed by atoms with van der Waals surface area (Å²) in [5.74, 6) is 1.34.